The predicted octanol–water partition coefficient (Wildman–Crippen LogP) is 5.24. The zero-order valence-corrected chi connectivity index (χ0v) is 13.3. The van der Waals surface area contributed by atoms with Crippen LogP contribution >= 0.6 is 81.2 Å². The number of hydrogen-bond acceptors (Lipinski definition) is 0. The molecule has 2 bridgehead atoms. The van der Waals surface area contributed by atoms with Crippen LogP contribution in [-0.2, 0) is 0 Å². The maximum Gasteiger partial charge on any atom is 0.167 e. The smallest absolute Gasteiger partial charge is 0.118 e. The Morgan fingerprint density at radius 1 is 0.882 bits per heavy atom. The number of halogens is 7. The van der Waals surface area contributed by atoms with E-state index < -0.39 is 14.1 Å². The first-order valence-corrected chi connectivity index (χ1v) is 7.55. The average Bonchev–Trinajstić information content (AvgIpc) is 2.73. The molecule has 0 saturated heterocycles. The lowest BCUT2D eigenvalue weighted by atomic mass is 9.84. The first-order chi connectivity index (χ1) is 7.70. The lowest BCUT2D eigenvalue weighted by molar-refractivity contribution is 0.420. The third kappa shape index (κ3) is 1.15. The number of fused-ring (bicyclic) bond motifs is 5. The van der Waals surface area contributed by atoms with Crippen LogP contribution in [0, 0.1) is 11.8 Å². The van der Waals surface area contributed by atoms with Gasteiger partial charge in [0.2, 0.25) is 0 Å². The van der Waals surface area contributed by atoms with Gasteiger partial charge in [-0.1, -0.05) is 58.6 Å². The normalized spacial score (nSPS) is 54.6. The third-order valence-corrected chi connectivity index (χ3v) is 8.61. The Morgan fingerprint density at radius 3 is 2.00 bits per heavy atom. The zero-order chi connectivity index (χ0) is 12.8. The summed E-state index contributed by atoms with van der Waals surface area (Å²) in [5.74, 6) is -0.470. The second kappa shape index (κ2) is 3.58. The van der Waals surface area contributed by atoms with E-state index in [9.17, 15) is 0 Å². The molecule has 1 saturated carbocycles. The van der Waals surface area contributed by atoms with Gasteiger partial charge in [0.25, 0.3) is 0 Å². The van der Waals surface area contributed by atoms with Crippen molar-refractivity contribution in [1.29, 1.82) is 0 Å². The highest BCUT2D eigenvalue weighted by Crippen LogP contribution is 2.78. The minimum Gasteiger partial charge on any atom is -0.118 e. The highest BCUT2D eigenvalue weighted by atomic mass is 35.5. The molecule has 3 aliphatic rings. The molecule has 0 aromatic rings. The highest BCUT2D eigenvalue weighted by Gasteiger charge is 2.83. The van der Waals surface area contributed by atoms with Crippen LogP contribution in [0.3, 0.4) is 0 Å². The summed E-state index contributed by atoms with van der Waals surface area (Å²) < 4.78 is -1.48. The number of alkyl halides is 5. The van der Waals surface area contributed by atoms with Crippen molar-refractivity contribution in [1.82, 2.24) is 0 Å². The highest BCUT2D eigenvalue weighted by molar-refractivity contribution is 6.66. The minimum absolute atomic E-state index is 0.205. The molecule has 0 unspecified atom stereocenters. The van der Waals surface area contributed by atoms with Crippen molar-refractivity contribution >= 4 is 81.2 Å². The monoisotopic (exact) mass is 370 g/mol. The van der Waals surface area contributed by atoms with E-state index in [4.69, 9.17) is 81.2 Å². The van der Waals surface area contributed by atoms with E-state index >= 15 is 0 Å². The Balaban J connectivity index is 2.32. The quantitative estimate of drug-likeness (QED) is 0.402. The van der Waals surface area contributed by atoms with Gasteiger partial charge in [-0.15, -0.1) is 34.8 Å². The predicted molar refractivity (Wildman–Crippen MR) is 76.1 cm³/mol. The first kappa shape index (κ1) is 13.5. The molecule has 3 aliphatic carbocycles. The molecule has 0 aromatic heterocycles. The van der Waals surface area contributed by atoms with Crippen LogP contribution in [0.15, 0.2) is 22.2 Å². The van der Waals surface area contributed by atoms with E-state index in [0.717, 1.165) is 0 Å². The van der Waals surface area contributed by atoms with Crippen LogP contribution < -0.4 is 0 Å². The van der Waals surface area contributed by atoms with Gasteiger partial charge in [0.15, 0.2) is 4.33 Å². The molecule has 0 nitrogen and oxygen atoms in total. The van der Waals surface area contributed by atoms with E-state index in [0.29, 0.717) is 0 Å². The summed E-state index contributed by atoms with van der Waals surface area (Å²) >= 11 is 44.5. The summed E-state index contributed by atoms with van der Waals surface area (Å²) in [6.07, 6.45) is 3.69. The maximum absolute atomic E-state index is 6.57. The van der Waals surface area contributed by atoms with E-state index in [1.807, 2.05) is 12.2 Å². The maximum atomic E-state index is 6.57. The molecule has 0 heterocycles. The fraction of sp³-hybridized carbons (Fsp3) is 0.600. The largest absolute Gasteiger partial charge is 0.167 e. The van der Waals surface area contributed by atoms with Crippen LogP contribution in [0.4, 0.5) is 0 Å². The van der Waals surface area contributed by atoms with Crippen molar-refractivity contribution in [2.45, 2.75) is 19.5 Å². The van der Waals surface area contributed by atoms with Crippen LogP contribution in [-0.4, -0.2) is 19.5 Å². The van der Waals surface area contributed by atoms with E-state index in [1.54, 1.807) is 0 Å². The van der Waals surface area contributed by atoms with Crippen LogP contribution in [0.2, 0.25) is 0 Å². The molecule has 94 valence electrons. The Hall–Kier alpha value is 1.51. The van der Waals surface area contributed by atoms with Gasteiger partial charge in [0, 0.05) is 11.8 Å². The molecule has 0 aliphatic heterocycles. The molecule has 0 N–H and O–H groups in total. The van der Waals surface area contributed by atoms with E-state index in [-0.39, 0.29) is 27.3 Å². The fourth-order valence-electron chi connectivity index (χ4n) is 3.08. The third-order valence-electron chi connectivity index (χ3n) is 3.90. The Labute approximate surface area is 134 Å². The van der Waals surface area contributed by atoms with Gasteiger partial charge < -0.3 is 0 Å². The molecule has 0 radical (unpaired) electrons. The van der Waals surface area contributed by atoms with E-state index in [2.05, 4.69) is 0 Å². The summed E-state index contributed by atoms with van der Waals surface area (Å²) in [7, 11) is 0. The van der Waals surface area contributed by atoms with Gasteiger partial charge >= 0.3 is 0 Å². The number of allylic oxidation sites excluding steroid dienone is 4. The standard InChI is InChI=1S/C10H5Cl7/c11-4-2-1-3-5(4)9(15)7(13)6(12)8(3,14)10(9,16)17/h1-5H/t3-,4-,5-,8-,9-/m0/s1. The minimum atomic E-state index is -1.48. The molecule has 0 aromatic carbocycles. The van der Waals surface area contributed by atoms with Crippen LogP contribution in [0.25, 0.3) is 0 Å². The van der Waals surface area contributed by atoms with Crippen molar-refractivity contribution in [2.24, 2.45) is 11.8 Å². The van der Waals surface area contributed by atoms with Crippen LogP contribution in [0.1, 0.15) is 0 Å². The van der Waals surface area contributed by atoms with Crippen molar-refractivity contribution in [3.63, 3.8) is 0 Å². The topological polar surface area (TPSA) is 0 Å². The van der Waals surface area contributed by atoms with Crippen LogP contribution in [0.5, 0.6) is 0 Å². The number of rotatable bonds is 0. The summed E-state index contributed by atoms with van der Waals surface area (Å²) in [5.41, 5.74) is 0. The zero-order valence-electron chi connectivity index (χ0n) is 8.03. The second-order valence-electron chi connectivity index (χ2n) is 4.51. The van der Waals surface area contributed by atoms with Gasteiger partial charge in [-0.25, -0.2) is 0 Å². The molecule has 1 fully saturated rings. The molecule has 0 spiro atoms. The lowest BCUT2D eigenvalue weighted by Gasteiger charge is -2.34. The molecule has 5 atom stereocenters. The van der Waals surface area contributed by atoms with Gasteiger partial charge in [0.1, 0.15) is 9.75 Å². The Morgan fingerprint density at radius 2 is 1.41 bits per heavy atom. The van der Waals surface area contributed by atoms with Gasteiger partial charge in [-0.2, -0.15) is 0 Å². The summed E-state index contributed by atoms with van der Waals surface area (Å²) in [6.45, 7) is 0. The molecule has 7 heteroatoms. The second-order valence-corrected chi connectivity index (χ2v) is 8.29. The first-order valence-electron chi connectivity index (χ1n) is 4.85. The molecule has 0 amide bonds. The van der Waals surface area contributed by atoms with Crippen molar-refractivity contribution in [2.75, 3.05) is 0 Å². The summed E-state index contributed by atoms with van der Waals surface area (Å²) in [5, 5.41) is 0.113. The van der Waals surface area contributed by atoms with E-state index in [1.165, 1.54) is 0 Å². The molecule has 17 heavy (non-hydrogen) atoms. The number of hydrogen-bond donors (Lipinski definition) is 0. The van der Waals surface area contributed by atoms with Crippen molar-refractivity contribution in [3.05, 3.63) is 22.2 Å². The molecular weight excluding hydrogens is 368 g/mol. The Bertz CT molecular complexity index is 467. The SMILES string of the molecule is ClC1=C(Cl)[C@@]2(Cl)[C@H]3C=C[C@H](Cl)[C@H]3[C@@]1(Cl)C2(Cl)Cl. The average molecular weight is 373 g/mol. The lowest BCUT2D eigenvalue weighted by Crippen LogP contribution is -2.45. The van der Waals surface area contributed by atoms with Gasteiger partial charge in [-0.05, 0) is 0 Å². The molecule has 3 rings (SSSR count). The van der Waals surface area contributed by atoms with Gasteiger partial charge in [-0.3, -0.25) is 0 Å². The van der Waals surface area contributed by atoms with Crippen molar-refractivity contribution < 1.29 is 0 Å². The van der Waals surface area contributed by atoms with Crippen molar-refractivity contribution in [3.8, 4) is 0 Å². The fourth-order valence-corrected chi connectivity index (χ4v) is 6.60. The summed E-state index contributed by atoms with van der Waals surface area (Å²) in [6, 6.07) is 0. The van der Waals surface area contributed by atoms with Gasteiger partial charge in [0.05, 0.1) is 15.4 Å². The Kier molecular flexibility index (Phi) is 2.84. The molecular formula is C10H5Cl7. The summed E-state index contributed by atoms with van der Waals surface area (Å²) in [4.78, 5) is -2.45.